The topological polar surface area (TPSA) is 164 Å². The van der Waals surface area contributed by atoms with Crippen molar-refractivity contribution in [1.82, 2.24) is 9.88 Å². The number of nitrogens with zero attached hydrogens (tertiary/aromatic N) is 5. The summed E-state index contributed by atoms with van der Waals surface area (Å²) in [6.07, 6.45) is 2.83. The van der Waals surface area contributed by atoms with Crippen molar-refractivity contribution in [1.29, 1.82) is 0 Å². The Kier molecular flexibility index (Phi) is 8.61. The minimum atomic E-state index is -4.49. The van der Waals surface area contributed by atoms with Crippen molar-refractivity contribution in [2.24, 2.45) is 5.10 Å². The van der Waals surface area contributed by atoms with E-state index in [1.807, 2.05) is 0 Å². The molecule has 1 aliphatic carbocycles. The van der Waals surface area contributed by atoms with Gasteiger partial charge in [-0.15, -0.1) is 5.10 Å². The average molecular weight is 712 g/mol. The van der Waals surface area contributed by atoms with Gasteiger partial charge < -0.3 is 14.4 Å². The largest absolute Gasteiger partial charge is 0.361 e. The Hall–Kier alpha value is -3.79. The number of hydrogen-bond donors (Lipinski definition) is 1. The number of nitro benzene ring substituents is 1. The molecule has 2 amide bonds. The van der Waals surface area contributed by atoms with Crippen molar-refractivity contribution < 1.29 is 27.1 Å². The molecule has 17 heteroatoms. The van der Waals surface area contributed by atoms with Gasteiger partial charge in [0, 0.05) is 40.9 Å². The molecule has 1 aliphatic heterocycles. The number of nitrogens with one attached hydrogen (secondary N) is 1. The van der Waals surface area contributed by atoms with Crippen LogP contribution in [0, 0.1) is 10.1 Å². The first-order valence-electron chi connectivity index (χ1n) is 12.6. The van der Waals surface area contributed by atoms with E-state index in [2.05, 4.69) is 31.3 Å². The first-order chi connectivity index (χ1) is 20.4. The normalized spacial score (nSPS) is 16.4. The number of hydrazone groups is 1. The summed E-state index contributed by atoms with van der Waals surface area (Å²) in [4.78, 5) is 42.8. The molecule has 1 unspecified atom stereocenters. The van der Waals surface area contributed by atoms with Crippen molar-refractivity contribution >= 4 is 84.2 Å². The number of non-ortho nitro benzene ring substituents is 1. The predicted octanol–water partition coefficient (Wildman–Crippen LogP) is 5.23. The Morgan fingerprint density at radius 2 is 1.88 bits per heavy atom. The molecule has 0 bridgehead atoms. The van der Waals surface area contributed by atoms with E-state index < -0.39 is 27.0 Å². The second kappa shape index (κ2) is 12.1. The van der Waals surface area contributed by atoms with E-state index >= 15 is 0 Å². The monoisotopic (exact) mass is 710 g/mol. The zero-order chi connectivity index (χ0) is 31.1. The van der Waals surface area contributed by atoms with Gasteiger partial charge in [-0.2, -0.15) is 8.42 Å². The fraction of sp³-hybridized carbons (Fsp3) is 0.231. The van der Waals surface area contributed by atoms with Crippen LogP contribution < -0.4 is 10.3 Å². The SMILES string of the molecule is CN(C(=O)c1cc(Cl)cc(Br)c1NC(=O)C1CC(OS(=O)(=O)c2ccc([N+](=O)[O-])cc2)=NN1c1ncccc1Cl)C1CC1. The van der Waals surface area contributed by atoms with E-state index in [9.17, 15) is 28.1 Å². The van der Waals surface area contributed by atoms with Gasteiger partial charge in [0.25, 0.3) is 11.6 Å². The van der Waals surface area contributed by atoms with Crippen LogP contribution in [0.4, 0.5) is 17.2 Å². The van der Waals surface area contributed by atoms with Crippen molar-refractivity contribution in [3.63, 3.8) is 0 Å². The smallest absolute Gasteiger partial charge is 0.340 e. The van der Waals surface area contributed by atoms with Crippen LogP contribution in [0.5, 0.6) is 0 Å². The van der Waals surface area contributed by atoms with E-state index in [0.717, 1.165) is 42.1 Å². The van der Waals surface area contributed by atoms with E-state index in [4.69, 9.17) is 27.4 Å². The molecule has 1 N–H and O–H groups in total. The molecule has 13 nitrogen and oxygen atoms in total. The van der Waals surface area contributed by atoms with E-state index in [0.29, 0.717) is 4.47 Å². The van der Waals surface area contributed by atoms with Gasteiger partial charge in [-0.1, -0.05) is 23.2 Å². The maximum atomic E-state index is 13.8. The molecule has 5 rings (SSSR count). The molecule has 1 aromatic heterocycles. The second-order valence-electron chi connectivity index (χ2n) is 9.60. The number of hydrogen-bond acceptors (Lipinski definition) is 10. The highest BCUT2D eigenvalue weighted by atomic mass is 79.9. The van der Waals surface area contributed by atoms with E-state index in [1.54, 1.807) is 18.0 Å². The predicted molar refractivity (Wildman–Crippen MR) is 162 cm³/mol. The number of carbonyl (C=O) groups excluding carboxylic acids is 2. The van der Waals surface area contributed by atoms with Crippen LogP contribution in [-0.4, -0.2) is 60.1 Å². The quantitative estimate of drug-likeness (QED) is 0.187. The van der Waals surface area contributed by atoms with Gasteiger partial charge in [0.1, 0.15) is 10.9 Å². The fourth-order valence-corrected chi connectivity index (χ4v) is 6.32. The van der Waals surface area contributed by atoms with Crippen molar-refractivity contribution in [3.05, 3.63) is 84.9 Å². The Balaban J connectivity index is 1.45. The summed E-state index contributed by atoms with van der Waals surface area (Å²) in [5, 5.41) is 19.4. The Labute approximate surface area is 263 Å². The van der Waals surface area contributed by atoms with E-state index in [1.165, 1.54) is 24.4 Å². The minimum Gasteiger partial charge on any atom is -0.361 e. The van der Waals surface area contributed by atoms with Crippen LogP contribution in [0.2, 0.25) is 10.0 Å². The molecule has 43 heavy (non-hydrogen) atoms. The van der Waals surface area contributed by atoms with Gasteiger partial charge in [0.2, 0.25) is 11.8 Å². The first kappa shape index (κ1) is 30.7. The van der Waals surface area contributed by atoms with Crippen LogP contribution in [0.25, 0.3) is 0 Å². The molecule has 0 saturated heterocycles. The lowest BCUT2D eigenvalue weighted by Crippen LogP contribution is -2.40. The van der Waals surface area contributed by atoms with Crippen LogP contribution in [0.1, 0.15) is 29.6 Å². The molecule has 2 heterocycles. The lowest BCUT2D eigenvalue weighted by Gasteiger charge is -2.24. The molecule has 0 spiro atoms. The highest BCUT2D eigenvalue weighted by molar-refractivity contribution is 9.10. The number of aromatic nitrogens is 1. The molecule has 2 aromatic carbocycles. The lowest BCUT2D eigenvalue weighted by molar-refractivity contribution is -0.384. The number of halogens is 3. The molecule has 3 aromatic rings. The highest BCUT2D eigenvalue weighted by Gasteiger charge is 2.39. The summed E-state index contributed by atoms with van der Waals surface area (Å²) >= 11 is 16.0. The van der Waals surface area contributed by atoms with Gasteiger partial charge in [-0.05, 0) is 65.2 Å². The summed E-state index contributed by atoms with van der Waals surface area (Å²) in [7, 11) is -2.82. The van der Waals surface area contributed by atoms with Gasteiger partial charge in [-0.25, -0.2) is 9.99 Å². The number of benzene rings is 2. The second-order valence-corrected chi connectivity index (χ2v) is 12.8. The zero-order valence-corrected chi connectivity index (χ0v) is 26.0. The average Bonchev–Trinajstić information content (AvgIpc) is 3.73. The molecule has 1 fully saturated rings. The molecule has 2 aliphatic rings. The van der Waals surface area contributed by atoms with Crippen molar-refractivity contribution in [2.45, 2.75) is 36.2 Å². The third-order valence-electron chi connectivity index (χ3n) is 6.63. The molecule has 1 saturated carbocycles. The summed E-state index contributed by atoms with van der Waals surface area (Å²) < 4.78 is 31.5. The number of rotatable bonds is 8. The Morgan fingerprint density at radius 3 is 2.51 bits per heavy atom. The highest BCUT2D eigenvalue weighted by Crippen LogP contribution is 2.36. The maximum Gasteiger partial charge on any atom is 0.340 e. The molecule has 0 radical (unpaired) electrons. The number of pyridine rings is 1. The van der Waals surface area contributed by atoms with Gasteiger partial charge >= 0.3 is 10.1 Å². The zero-order valence-electron chi connectivity index (χ0n) is 22.1. The van der Waals surface area contributed by atoms with Crippen LogP contribution in [-0.2, 0) is 19.1 Å². The van der Waals surface area contributed by atoms with Crippen LogP contribution in [0.3, 0.4) is 0 Å². The maximum absolute atomic E-state index is 13.8. The van der Waals surface area contributed by atoms with Gasteiger partial charge in [0.05, 0.1) is 27.6 Å². The number of carbonyl (C=O) groups is 2. The number of anilines is 2. The Morgan fingerprint density at radius 1 is 1.19 bits per heavy atom. The molecular formula is C26H21BrCl2N6O7S. The van der Waals surface area contributed by atoms with Crippen molar-refractivity contribution in [3.8, 4) is 0 Å². The molecule has 224 valence electrons. The summed E-state index contributed by atoms with van der Waals surface area (Å²) in [5.74, 6) is -1.33. The number of amides is 2. The third kappa shape index (κ3) is 6.59. The van der Waals surface area contributed by atoms with E-state index in [-0.39, 0.29) is 62.0 Å². The number of nitro groups is 1. The van der Waals surface area contributed by atoms with Crippen molar-refractivity contribution in [2.75, 3.05) is 17.4 Å². The molecule has 1 atom stereocenters. The standard InChI is InChI=1S/C26H21BrCl2N6O7S/c1-33(15-4-5-15)26(37)18-11-14(28)12-19(27)23(18)31-25(36)21-13-22(32-34(21)24-20(29)3-2-10-30-24)42-43(40,41)17-8-6-16(7-9-17)35(38)39/h2-3,6-12,15,21H,4-5,13H2,1H3,(H,31,36). The van der Waals surface area contributed by atoms with Gasteiger partial charge in [-0.3, -0.25) is 19.7 Å². The minimum absolute atomic E-state index is 0.0515. The van der Waals surface area contributed by atoms with Gasteiger partial charge in [0.15, 0.2) is 5.82 Å². The first-order valence-corrected chi connectivity index (χ1v) is 15.5. The summed E-state index contributed by atoms with van der Waals surface area (Å²) in [6.45, 7) is 0. The summed E-state index contributed by atoms with van der Waals surface area (Å²) in [5.41, 5.74) is 0.00640. The molecular weight excluding hydrogens is 691 g/mol. The lowest BCUT2D eigenvalue weighted by atomic mass is 10.1. The third-order valence-corrected chi connectivity index (χ3v) is 9.03. The van der Waals surface area contributed by atoms with Crippen LogP contribution >= 0.6 is 39.1 Å². The Bertz CT molecular complexity index is 1770. The van der Waals surface area contributed by atoms with Crippen LogP contribution in [0.15, 0.2) is 69.2 Å². The fourth-order valence-electron chi connectivity index (χ4n) is 4.28. The summed E-state index contributed by atoms with van der Waals surface area (Å²) in [6, 6.07) is 9.03.